The maximum atomic E-state index is 12.7. The van der Waals surface area contributed by atoms with Crippen LogP contribution in [-0.4, -0.2) is 151 Å². The highest BCUT2D eigenvalue weighted by Gasteiger charge is 2.50. The number of anilines is 1. The summed E-state index contributed by atoms with van der Waals surface area (Å²) in [5.74, 6) is -2.71. The van der Waals surface area contributed by atoms with Crippen molar-refractivity contribution in [2.45, 2.75) is 82.3 Å². The van der Waals surface area contributed by atoms with Gasteiger partial charge in [0.15, 0.2) is 22.8 Å². The van der Waals surface area contributed by atoms with E-state index in [4.69, 9.17) is 30.4 Å². The number of hydrogen-bond donors (Lipinski definition) is 12. The molecule has 32 heteroatoms. The fourth-order valence-corrected chi connectivity index (χ4v) is 8.71. The molecule has 3 heterocycles. The van der Waals surface area contributed by atoms with Gasteiger partial charge in [-0.15, -0.1) is 0 Å². The summed E-state index contributed by atoms with van der Waals surface area (Å²) in [5.41, 5.74) is 9.54. The summed E-state index contributed by atoms with van der Waals surface area (Å²) >= 11 is 0.832. The Kier molecular flexibility index (Phi) is 18.7. The average Bonchev–Trinajstić information content (AvgIpc) is 3.70. The number of aliphatic carboxylic acids is 1. The van der Waals surface area contributed by atoms with E-state index in [1.807, 2.05) is 0 Å². The zero-order valence-electron chi connectivity index (χ0n) is 31.7. The first kappa shape index (κ1) is 51.3. The molecule has 0 spiro atoms. The highest BCUT2D eigenvalue weighted by atomic mass is 32.2. The number of amides is 2. The monoisotopic (exact) mass is 940 g/mol. The van der Waals surface area contributed by atoms with Crippen LogP contribution in [0, 0.1) is 5.41 Å². The summed E-state index contributed by atoms with van der Waals surface area (Å²) in [7, 11) is -16.5. The van der Waals surface area contributed by atoms with Crippen molar-refractivity contribution in [3.63, 3.8) is 0 Å². The Morgan fingerprint density at radius 3 is 2.33 bits per heavy atom. The van der Waals surface area contributed by atoms with Gasteiger partial charge in [-0.25, -0.2) is 28.6 Å². The lowest BCUT2D eigenvalue weighted by molar-refractivity contribution is -0.139. The number of nitrogens with two attached hydrogens (primary N) is 2. The van der Waals surface area contributed by atoms with Crippen molar-refractivity contribution in [2.24, 2.45) is 11.1 Å². The first-order chi connectivity index (χ1) is 27.7. The van der Waals surface area contributed by atoms with Crippen LogP contribution in [0.2, 0.25) is 0 Å². The highest BCUT2D eigenvalue weighted by Crippen LogP contribution is 2.61. The van der Waals surface area contributed by atoms with E-state index < -0.39 is 108 Å². The van der Waals surface area contributed by atoms with Gasteiger partial charge in [0.25, 0.3) is 0 Å². The van der Waals surface area contributed by atoms with E-state index >= 15 is 0 Å². The third kappa shape index (κ3) is 16.0. The summed E-state index contributed by atoms with van der Waals surface area (Å²) in [6.45, 7) is 0.122. The second-order valence-corrected chi connectivity index (χ2v) is 19.1. The Bertz CT molecular complexity index is 1970. The van der Waals surface area contributed by atoms with Crippen molar-refractivity contribution < 1.29 is 95.5 Å². The molecule has 9 atom stereocenters. The molecule has 2 aromatic rings. The lowest BCUT2D eigenvalue weighted by atomic mass is 9.87. The van der Waals surface area contributed by atoms with Crippen LogP contribution in [0.1, 0.15) is 45.8 Å². The molecule has 0 saturated carbocycles. The molecule has 2 amide bonds. The third-order valence-corrected chi connectivity index (χ3v) is 12.3. The van der Waals surface area contributed by atoms with Crippen molar-refractivity contribution in [2.75, 3.05) is 37.8 Å². The zero-order chi connectivity index (χ0) is 45.2. The van der Waals surface area contributed by atoms with E-state index in [0.717, 1.165) is 29.0 Å². The molecule has 14 N–H and O–H groups in total. The van der Waals surface area contributed by atoms with E-state index in [9.17, 15) is 67.8 Å². The van der Waals surface area contributed by atoms with Gasteiger partial charge >= 0.3 is 29.4 Å². The smallest absolute Gasteiger partial charge is 0.480 e. The van der Waals surface area contributed by atoms with Crippen molar-refractivity contribution in [1.29, 1.82) is 0 Å². The van der Waals surface area contributed by atoms with E-state index in [1.54, 1.807) is 0 Å². The molecular weight excluding hydrogens is 893 g/mol. The van der Waals surface area contributed by atoms with E-state index in [2.05, 4.69) is 34.4 Å². The maximum Gasteiger partial charge on any atom is 0.481 e. The van der Waals surface area contributed by atoms with Crippen molar-refractivity contribution in [3.8, 4) is 0 Å². The summed E-state index contributed by atoms with van der Waals surface area (Å²) in [4.78, 5) is 98.3. The van der Waals surface area contributed by atoms with Gasteiger partial charge in [0.2, 0.25) is 11.8 Å². The number of phosphoric acid groups is 3. The normalized spacial score (nSPS) is 22.0. The standard InChI is InChI=1S/C28H47N8O20P3S/c1-28(2,22(41)25(42)32-6-5-17(38)31-7-8-60-18(39)9-14(37)3-4-15(29)27(43)44)11-53-59(50,51)56-58(48,49)52-10-16-21(55-57(45,46)47)20(40)26(54-16)36-13-35-19-23(30)33-12-34-24(19)36/h12-16,20-22,26,37,40-41H,3-11,29H2,1-2H3,(H,31,38)(H,32,42)(H,43,44)(H,48,49)(H,50,51)(H2,30,33,34)(H2,45,46,47)/t14?,15?,16-,20-,21-,22+,26-/m1/s1. The molecule has 0 radical (unpaired) electrons. The molecule has 2 aromatic heterocycles. The lowest BCUT2D eigenvalue weighted by Crippen LogP contribution is -2.46. The molecule has 1 fully saturated rings. The molecule has 0 bridgehead atoms. The maximum absolute atomic E-state index is 12.7. The number of carboxylic acids is 1. The number of carbonyl (C=O) groups excluding carboxylic acids is 3. The lowest BCUT2D eigenvalue weighted by Gasteiger charge is -2.30. The summed E-state index contributed by atoms with van der Waals surface area (Å²) in [5, 5.41) is 44.5. The largest absolute Gasteiger partial charge is 0.481 e. The second kappa shape index (κ2) is 21.8. The Balaban J connectivity index is 1.43. The highest BCUT2D eigenvalue weighted by molar-refractivity contribution is 8.13. The number of aliphatic hydroxyl groups is 3. The Labute approximate surface area is 344 Å². The number of aliphatic hydroxyl groups excluding tert-OH is 3. The number of nitrogens with zero attached hydrogens (tertiary/aromatic N) is 4. The van der Waals surface area contributed by atoms with Gasteiger partial charge in [-0.05, 0) is 12.8 Å². The minimum absolute atomic E-state index is 0.0137. The van der Waals surface area contributed by atoms with E-state index in [0.29, 0.717) is 0 Å². The Morgan fingerprint density at radius 1 is 1.02 bits per heavy atom. The van der Waals surface area contributed by atoms with Gasteiger partial charge in [-0.2, -0.15) is 4.31 Å². The topological polar surface area (TPSA) is 447 Å². The van der Waals surface area contributed by atoms with E-state index in [-0.39, 0.29) is 61.5 Å². The van der Waals surface area contributed by atoms with Crippen LogP contribution in [0.15, 0.2) is 12.7 Å². The second-order valence-electron chi connectivity index (χ2n) is 13.7. The fraction of sp³-hybridized carbons (Fsp3) is 0.679. The van der Waals surface area contributed by atoms with Crippen molar-refractivity contribution in [1.82, 2.24) is 30.2 Å². The van der Waals surface area contributed by atoms with Crippen LogP contribution in [-0.2, 0) is 55.5 Å². The predicted octanol–water partition coefficient (Wildman–Crippen LogP) is -2.39. The number of carboxylic acid groups (broad SMARTS) is 1. The number of fused-ring (bicyclic) bond motifs is 1. The van der Waals surface area contributed by atoms with Gasteiger partial charge in [0.1, 0.15) is 42.3 Å². The first-order valence-electron chi connectivity index (χ1n) is 17.4. The number of imidazole rings is 1. The van der Waals surface area contributed by atoms with Gasteiger partial charge in [-0.1, -0.05) is 25.6 Å². The Hall–Kier alpha value is -3.05. The van der Waals surface area contributed by atoms with E-state index in [1.165, 1.54) is 13.8 Å². The summed E-state index contributed by atoms with van der Waals surface area (Å²) in [6.07, 6.45) is -8.50. The number of thioether (sulfide) groups is 1. The number of ether oxygens (including phenoxy) is 1. The molecule has 0 aliphatic carbocycles. The molecule has 1 aliphatic heterocycles. The molecule has 4 unspecified atom stereocenters. The number of aromatic nitrogens is 4. The average molecular weight is 941 g/mol. The first-order valence-corrected chi connectivity index (χ1v) is 22.9. The quantitative estimate of drug-likeness (QED) is 0.0365. The minimum Gasteiger partial charge on any atom is -0.480 e. The van der Waals surface area contributed by atoms with Crippen LogP contribution in [0.5, 0.6) is 0 Å². The van der Waals surface area contributed by atoms with Crippen molar-refractivity contribution >= 4 is 75.1 Å². The number of phosphoric ester groups is 3. The van der Waals surface area contributed by atoms with Gasteiger partial charge < -0.3 is 66.8 Å². The molecule has 1 saturated heterocycles. The molecule has 340 valence electrons. The molecular formula is C28H47N8O20P3S. The number of hydrogen-bond acceptors (Lipinski definition) is 21. The summed E-state index contributed by atoms with van der Waals surface area (Å²) < 4.78 is 62.0. The number of nitrogen functional groups attached to an aromatic ring is 1. The molecule has 28 nitrogen and oxygen atoms in total. The third-order valence-electron chi connectivity index (χ3n) is 8.30. The molecule has 0 aromatic carbocycles. The predicted molar refractivity (Wildman–Crippen MR) is 203 cm³/mol. The van der Waals surface area contributed by atoms with Gasteiger partial charge in [-0.3, -0.25) is 37.3 Å². The molecule has 60 heavy (non-hydrogen) atoms. The fourth-order valence-electron chi connectivity index (χ4n) is 5.14. The SMILES string of the molecule is CC(C)(COP(=O)(O)OP(=O)(O)OC[C@H]1O[C@@H](n2cnc3c(N)ncnc32)[C@H](O)[C@@H]1OP(=O)(O)O)[C@@H](O)C(=O)NCCC(=O)NCCSC(=O)CC(O)CCC(N)C(=O)O. The molecule has 1 aliphatic rings. The van der Waals surface area contributed by atoms with Crippen LogP contribution in [0.25, 0.3) is 11.2 Å². The van der Waals surface area contributed by atoms with Crippen molar-refractivity contribution in [3.05, 3.63) is 12.7 Å². The van der Waals surface area contributed by atoms with Crippen LogP contribution < -0.4 is 22.1 Å². The van der Waals surface area contributed by atoms with Gasteiger partial charge in [0.05, 0.1) is 25.6 Å². The number of carbonyl (C=O) groups is 4. The van der Waals surface area contributed by atoms with Crippen LogP contribution in [0.3, 0.4) is 0 Å². The van der Waals surface area contributed by atoms with Gasteiger partial charge in [0, 0.05) is 37.1 Å². The van der Waals surface area contributed by atoms with Crippen LogP contribution in [0.4, 0.5) is 5.82 Å². The number of nitrogens with one attached hydrogen (secondary N) is 2. The minimum atomic E-state index is -5.60. The number of rotatable bonds is 25. The van der Waals surface area contributed by atoms with Crippen LogP contribution >= 0.6 is 35.2 Å². The Morgan fingerprint density at radius 2 is 1.68 bits per heavy atom. The molecule has 3 rings (SSSR count). The zero-order valence-corrected chi connectivity index (χ0v) is 35.2. The summed E-state index contributed by atoms with van der Waals surface area (Å²) in [6, 6.07) is -1.16.